The lowest BCUT2D eigenvalue weighted by molar-refractivity contribution is 1.04. The maximum absolute atomic E-state index is 5.33. The summed E-state index contributed by atoms with van der Waals surface area (Å²) in [4.78, 5) is 10.7. The summed E-state index contributed by atoms with van der Waals surface area (Å²) in [6.07, 6.45) is 9.02. The topological polar surface area (TPSA) is 25.8 Å². The van der Waals surface area contributed by atoms with Gasteiger partial charge >= 0.3 is 0 Å². The molecule has 0 spiro atoms. The smallest absolute Gasteiger partial charge is 0.0978 e. The molecule has 2 heterocycles. The van der Waals surface area contributed by atoms with Gasteiger partial charge in [0.1, 0.15) is 0 Å². The lowest BCUT2D eigenvalue weighted by Crippen LogP contribution is -1.97. The van der Waals surface area contributed by atoms with Gasteiger partial charge in [0.15, 0.2) is 0 Å². The average Bonchev–Trinajstić information content (AvgIpc) is 3.01. The number of nitrogens with zero attached hydrogens (tertiary/aromatic N) is 2. The van der Waals surface area contributed by atoms with Crippen LogP contribution in [0, 0.1) is 13.8 Å². The molecule has 1 aliphatic rings. The highest BCUT2D eigenvalue weighted by molar-refractivity contribution is 6.12. The van der Waals surface area contributed by atoms with E-state index in [1.807, 2.05) is 0 Å². The molecule has 0 N–H and O–H groups in total. The standard InChI is InChI=1S/C38H30N2/c1-25-13-17-29(18-14-25)35-23-33(27-9-5-3-6-10-27)31-21-22-32-34(28-11-7-4-8-12-28)24-36(40-38(32)37(31)39-35)30-19-15-26(2)16-20-30/h3,5-7,9-24H,4,8H2,1-2H3. The first-order valence-corrected chi connectivity index (χ1v) is 14.0. The zero-order valence-corrected chi connectivity index (χ0v) is 22.9. The van der Waals surface area contributed by atoms with Gasteiger partial charge in [0.05, 0.1) is 22.4 Å². The number of aryl methyl sites for hydroxylation is 2. The van der Waals surface area contributed by atoms with Crippen molar-refractivity contribution in [2.24, 2.45) is 0 Å². The van der Waals surface area contributed by atoms with Gasteiger partial charge in [0.2, 0.25) is 0 Å². The zero-order valence-electron chi connectivity index (χ0n) is 22.9. The van der Waals surface area contributed by atoms with Gasteiger partial charge in [0, 0.05) is 21.9 Å². The van der Waals surface area contributed by atoms with E-state index in [1.165, 1.54) is 33.4 Å². The van der Waals surface area contributed by atoms with Crippen molar-refractivity contribution in [1.29, 1.82) is 0 Å². The van der Waals surface area contributed by atoms with Gasteiger partial charge in [-0.15, -0.1) is 0 Å². The number of aromatic nitrogens is 2. The Labute approximate surface area is 235 Å². The molecular formula is C38H30N2. The maximum Gasteiger partial charge on any atom is 0.0978 e. The Morgan fingerprint density at radius 2 is 1.07 bits per heavy atom. The SMILES string of the molecule is Cc1ccc(-c2cc(C3=CCCC=C3)c3ccc4c(-c5ccccc5)cc(-c5ccc(C)cc5)nc4c3n2)cc1. The van der Waals surface area contributed by atoms with Crippen molar-refractivity contribution < 1.29 is 0 Å². The molecule has 4 aromatic carbocycles. The molecule has 0 bridgehead atoms. The minimum Gasteiger partial charge on any atom is -0.245 e. The van der Waals surface area contributed by atoms with E-state index in [0.717, 1.165) is 57.2 Å². The summed E-state index contributed by atoms with van der Waals surface area (Å²) in [5.74, 6) is 0. The predicted molar refractivity (Wildman–Crippen MR) is 169 cm³/mol. The molecule has 0 amide bonds. The molecule has 0 saturated heterocycles. The predicted octanol–water partition coefficient (Wildman–Crippen LogP) is 10.1. The fourth-order valence-corrected chi connectivity index (χ4v) is 5.63. The van der Waals surface area contributed by atoms with Gasteiger partial charge in [-0.3, -0.25) is 0 Å². The summed E-state index contributed by atoms with van der Waals surface area (Å²) < 4.78 is 0. The van der Waals surface area contributed by atoms with Gasteiger partial charge in [-0.25, -0.2) is 9.97 Å². The van der Waals surface area contributed by atoms with Crippen LogP contribution in [0.25, 0.3) is 61.0 Å². The Bertz CT molecular complexity index is 1930. The van der Waals surface area contributed by atoms with Gasteiger partial charge in [-0.1, -0.05) is 120 Å². The van der Waals surface area contributed by atoms with Crippen LogP contribution in [0.2, 0.25) is 0 Å². The van der Waals surface area contributed by atoms with E-state index in [2.05, 4.69) is 135 Å². The number of rotatable bonds is 4. The van der Waals surface area contributed by atoms with E-state index in [0.29, 0.717) is 0 Å². The Morgan fingerprint density at radius 1 is 0.525 bits per heavy atom. The van der Waals surface area contributed by atoms with Gasteiger partial charge in [0.25, 0.3) is 0 Å². The first-order chi connectivity index (χ1) is 19.6. The van der Waals surface area contributed by atoms with Crippen LogP contribution in [0.1, 0.15) is 29.5 Å². The van der Waals surface area contributed by atoms with Crippen molar-refractivity contribution >= 4 is 27.4 Å². The summed E-state index contributed by atoms with van der Waals surface area (Å²) >= 11 is 0. The summed E-state index contributed by atoms with van der Waals surface area (Å²) in [6.45, 7) is 4.24. The first kappa shape index (κ1) is 24.2. The fourth-order valence-electron chi connectivity index (χ4n) is 5.63. The summed E-state index contributed by atoms with van der Waals surface area (Å²) in [7, 11) is 0. The molecule has 40 heavy (non-hydrogen) atoms. The molecule has 6 aromatic rings. The Kier molecular flexibility index (Phi) is 6.09. The average molecular weight is 515 g/mol. The van der Waals surface area contributed by atoms with Crippen LogP contribution >= 0.6 is 0 Å². The molecule has 7 rings (SSSR count). The molecule has 0 unspecified atom stereocenters. The van der Waals surface area contributed by atoms with Crippen LogP contribution in [-0.4, -0.2) is 9.97 Å². The van der Waals surface area contributed by atoms with Crippen LogP contribution in [-0.2, 0) is 0 Å². The highest BCUT2D eigenvalue weighted by Crippen LogP contribution is 2.39. The number of hydrogen-bond donors (Lipinski definition) is 0. The van der Waals surface area contributed by atoms with Crippen molar-refractivity contribution in [3.05, 3.63) is 138 Å². The van der Waals surface area contributed by atoms with Crippen LogP contribution < -0.4 is 0 Å². The normalized spacial score (nSPS) is 13.1. The maximum atomic E-state index is 5.33. The third-order valence-corrected chi connectivity index (χ3v) is 7.84. The number of pyridine rings is 2. The minimum atomic E-state index is 0.935. The summed E-state index contributed by atoms with van der Waals surface area (Å²) in [5, 5.41) is 2.25. The molecule has 2 nitrogen and oxygen atoms in total. The highest BCUT2D eigenvalue weighted by Gasteiger charge is 2.17. The molecule has 2 heteroatoms. The van der Waals surface area contributed by atoms with Crippen LogP contribution in [0.4, 0.5) is 0 Å². The largest absolute Gasteiger partial charge is 0.245 e. The fraction of sp³-hybridized carbons (Fsp3) is 0.105. The van der Waals surface area contributed by atoms with Crippen molar-refractivity contribution in [3.8, 4) is 33.6 Å². The van der Waals surface area contributed by atoms with E-state index in [-0.39, 0.29) is 0 Å². The Morgan fingerprint density at radius 3 is 1.62 bits per heavy atom. The van der Waals surface area contributed by atoms with Crippen LogP contribution in [0.5, 0.6) is 0 Å². The number of benzene rings is 4. The van der Waals surface area contributed by atoms with Crippen molar-refractivity contribution in [3.63, 3.8) is 0 Å². The van der Waals surface area contributed by atoms with Crippen molar-refractivity contribution in [2.75, 3.05) is 0 Å². The zero-order chi connectivity index (χ0) is 27.1. The number of allylic oxidation sites excluding steroid dienone is 4. The molecule has 0 atom stereocenters. The van der Waals surface area contributed by atoms with E-state index in [1.54, 1.807) is 0 Å². The second-order valence-corrected chi connectivity index (χ2v) is 10.7. The minimum absolute atomic E-state index is 0.935. The van der Waals surface area contributed by atoms with Gasteiger partial charge < -0.3 is 0 Å². The van der Waals surface area contributed by atoms with Crippen LogP contribution in [0.15, 0.2) is 121 Å². The second-order valence-electron chi connectivity index (χ2n) is 10.7. The van der Waals surface area contributed by atoms with Crippen molar-refractivity contribution in [2.45, 2.75) is 26.7 Å². The highest BCUT2D eigenvalue weighted by atomic mass is 14.8. The summed E-state index contributed by atoms with van der Waals surface area (Å²) in [5.41, 5.74) is 13.3. The monoisotopic (exact) mass is 514 g/mol. The van der Waals surface area contributed by atoms with Gasteiger partial charge in [-0.05, 0) is 61.1 Å². The Balaban J connectivity index is 1.59. The lowest BCUT2D eigenvalue weighted by atomic mass is 9.92. The third kappa shape index (κ3) is 4.42. The summed E-state index contributed by atoms with van der Waals surface area (Å²) in [6, 6.07) is 36.9. The van der Waals surface area contributed by atoms with Gasteiger partial charge in [-0.2, -0.15) is 0 Å². The Hall–Kier alpha value is -4.82. The second kappa shape index (κ2) is 10.1. The number of hydrogen-bond acceptors (Lipinski definition) is 2. The quantitative estimate of drug-likeness (QED) is 0.219. The lowest BCUT2D eigenvalue weighted by Gasteiger charge is -2.16. The van der Waals surface area contributed by atoms with E-state index in [4.69, 9.17) is 9.97 Å². The molecule has 192 valence electrons. The third-order valence-electron chi connectivity index (χ3n) is 7.84. The molecule has 0 fully saturated rings. The van der Waals surface area contributed by atoms with Crippen molar-refractivity contribution in [1.82, 2.24) is 9.97 Å². The molecular weight excluding hydrogens is 484 g/mol. The number of fused-ring (bicyclic) bond motifs is 3. The van der Waals surface area contributed by atoms with E-state index in [9.17, 15) is 0 Å². The molecule has 0 saturated carbocycles. The van der Waals surface area contributed by atoms with E-state index < -0.39 is 0 Å². The first-order valence-electron chi connectivity index (χ1n) is 14.0. The van der Waals surface area contributed by atoms with Crippen LogP contribution in [0.3, 0.4) is 0 Å². The molecule has 0 radical (unpaired) electrons. The molecule has 0 aliphatic heterocycles. The van der Waals surface area contributed by atoms with E-state index >= 15 is 0 Å². The molecule has 2 aromatic heterocycles. The molecule has 1 aliphatic carbocycles.